The van der Waals surface area contributed by atoms with Crippen molar-refractivity contribution in [2.45, 2.75) is 26.2 Å². The lowest BCUT2D eigenvalue weighted by Crippen LogP contribution is -2.36. The zero-order valence-corrected chi connectivity index (χ0v) is 18.5. The molecule has 2 aromatic rings. The van der Waals surface area contributed by atoms with E-state index in [4.69, 9.17) is 0 Å². The molecular weight excluding hydrogens is 444 g/mol. The Bertz CT molecular complexity index is 1090. The van der Waals surface area contributed by atoms with E-state index in [-0.39, 0.29) is 11.5 Å². The van der Waals surface area contributed by atoms with E-state index >= 15 is 0 Å². The normalized spacial score (nSPS) is 14.3. The van der Waals surface area contributed by atoms with Gasteiger partial charge in [0.1, 0.15) is 0 Å². The largest absolute Gasteiger partial charge is 0.325 e. The van der Waals surface area contributed by atoms with Crippen molar-refractivity contribution in [1.29, 1.82) is 0 Å². The first kappa shape index (κ1) is 24.5. The van der Waals surface area contributed by atoms with Crippen molar-refractivity contribution in [2.24, 2.45) is 5.10 Å². The molecule has 0 bridgehead atoms. The fourth-order valence-electron chi connectivity index (χ4n) is 3.52. The minimum absolute atomic E-state index is 0.0849. The second kappa shape index (κ2) is 11.1. The number of non-ortho nitro benzene ring substituents is 2. The van der Waals surface area contributed by atoms with Crippen molar-refractivity contribution < 1.29 is 19.4 Å². The van der Waals surface area contributed by atoms with Crippen LogP contribution in [-0.4, -0.2) is 51.9 Å². The highest BCUT2D eigenvalue weighted by atomic mass is 16.6. The average Bonchev–Trinajstić information content (AvgIpc) is 2.83. The summed E-state index contributed by atoms with van der Waals surface area (Å²) in [5.41, 5.74) is 2.57. The molecule has 0 atom stereocenters. The number of benzene rings is 2. The van der Waals surface area contributed by atoms with Crippen molar-refractivity contribution >= 4 is 34.6 Å². The number of hydrazone groups is 1. The number of hydrogen-bond acceptors (Lipinski definition) is 8. The highest BCUT2D eigenvalue weighted by Crippen LogP contribution is 2.22. The monoisotopic (exact) mass is 468 g/mol. The number of likely N-dealkylation sites (tertiary alicyclic amines) is 1. The summed E-state index contributed by atoms with van der Waals surface area (Å²) >= 11 is 0. The Morgan fingerprint density at radius 3 is 2.09 bits per heavy atom. The van der Waals surface area contributed by atoms with Crippen molar-refractivity contribution in [3.63, 3.8) is 0 Å². The van der Waals surface area contributed by atoms with Crippen LogP contribution in [0.5, 0.6) is 0 Å². The first-order valence-electron chi connectivity index (χ1n) is 10.6. The van der Waals surface area contributed by atoms with E-state index in [1.807, 2.05) is 0 Å². The van der Waals surface area contributed by atoms with E-state index in [1.165, 1.54) is 6.42 Å². The van der Waals surface area contributed by atoms with Gasteiger partial charge in [0.2, 0.25) is 5.91 Å². The van der Waals surface area contributed by atoms with Gasteiger partial charge in [0.05, 0.1) is 33.7 Å². The van der Waals surface area contributed by atoms with Crippen LogP contribution in [0.15, 0.2) is 47.6 Å². The average molecular weight is 468 g/mol. The van der Waals surface area contributed by atoms with Gasteiger partial charge in [0.25, 0.3) is 17.3 Å². The summed E-state index contributed by atoms with van der Waals surface area (Å²) in [5.74, 6) is -0.911. The molecule has 1 aliphatic heterocycles. The Kier molecular flexibility index (Phi) is 7.98. The van der Waals surface area contributed by atoms with Crippen LogP contribution < -0.4 is 10.7 Å². The number of nitrogens with one attached hydrogen (secondary N) is 2. The number of carbonyl (C=O) groups excluding carboxylic acids is 2. The molecule has 3 rings (SSSR count). The molecule has 0 unspecified atom stereocenters. The maximum absolute atomic E-state index is 12.4. The van der Waals surface area contributed by atoms with Gasteiger partial charge in [-0.1, -0.05) is 18.6 Å². The Hall–Kier alpha value is -4.19. The Labute approximate surface area is 194 Å². The summed E-state index contributed by atoms with van der Waals surface area (Å²) < 4.78 is 0. The second-order valence-electron chi connectivity index (χ2n) is 7.85. The number of rotatable bonds is 8. The maximum atomic E-state index is 12.4. The summed E-state index contributed by atoms with van der Waals surface area (Å²) in [5, 5.41) is 28.8. The minimum Gasteiger partial charge on any atom is -0.325 e. The van der Waals surface area contributed by atoms with Crippen molar-refractivity contribution in [1.82, 2.24) is 10.3 Å². The van der Waals surface area contributed by atoms with Crippen molar-refractivity contribution in [3.05, 3.63) is 73.8 Å². The molecule has 34 heavy (non-hydrogen) atoms. The Morgan fingerprint density at radius 2 is 1.53 bits per heavy atom. The molecule has 12 heteroatoms. The van der Waals surface area contributed by atoms with Crippen LogP contribution in [0.2, 0.25) is 0 Å². The van der Waals surface area contributed by atoms with Gasteiger partial charge in [-0.05, 0) is 50.6 Å². The van der Waals surface area contributed by atoms with Crippen molar-refractivity contribution in [3.8, 4) is 0 Å². The molecule has 1 aliphatic rings. The van der Waals surface area contributed by atoms with Crippen LogP contribution in [-0.2, 0) is 4.79 Å². The molecule has 0 aromatic heterocycles. The first-order valence-corrected chi connectivity index (χ1v) is 10.6. The molecule has 12 nitrogen and oxygen atoms in total. The first-order chi connectivity index (χ1) is 16.2. The molecular formula is C22H24N6O6. The van der Waals surface area contributed by atoms with E-state index in [0.29, 0.717) is 23.5 Å². The molecule has 0 radical (unpaired) electrons. The fourth-order valence-corrected chi connectivity index (χ4v) is 3.52. The summed E-state index contributed by atoms with van der Waals surface area (Å²) in [6, 6.07) is 9.53. The predicted octanol–water partition coefficient (Wildman–Crippen LogP) is 3.08. The zero-order valence-electron chi connectivity index (χ0n) is 18.5. The Balaban J connectivity index is 1.61. The van der Waals surface area contributed by atoms with Crippen LogP contribution in [0.3, 0.4) is 0 Å². The second-order valence-corrected chi connectivity index (χ2v) is 7.85. The quantitative estimate of drug-likeness (QED) is 0.342. The van der Waals surface area contributed by atoms with E-state index in [0.717, 1.165) is 44.1 Å². The molecule has 1 fully saturated rings. The van der Waals surface area contributed by atoms with Crippen LogP contribution in [0, 0.1) is 20.2 Å². The summed E-state index contributed by atoms with van der Waals surface area (Å²) in [6.45, 7) is 3.85. The maximum Gasteiger partial charge on any atom is 0.277 e. The topological polar surface area (TPSA) is 160 Å². The van der Waals surface area contributed by atoms with Crippen LogP contribution in [0.25, 0.3) is 0 Å². The molecule has 0 saturated carbocycles. The van der Waals surface area contributed by atoms with Crippen LogP contribution in [0.1, 0.15) is 42.1 Å². The molecule has 2 amide bonds. The van der Waals surface area contributed by atoms with Gasteiger partial charge in [-0.15, -0.1) is 0 Å². The number of carbonyl (C=O) groups is 2. The smallest absolute Gasteiger partial charge is 0.277 e. The van der Waals surface area contributed by atoms with Crippen LogP contribution in [0.4, 0.5) is 17.1 Å². The molecule has 0 spiro atoms. The lowest BCUT2D eigenvalue weighted by atomic mass is 10.1. The van der Waals surface area contributed by atoms with Gasteiger partial charge in [-0.3, -0.25) is 34.7 Å². The third kappa shape index (κ3) is 6.65. The predicted molar refractivity (Wildman–Crippen MR) is 125 cm³/mol. The highest BCUT2D eigenvalue weighted by Gasteiger charge is 2.20. The molecule has 1 saturated heterocycles. The number of hydrogen-bond donors (Lipinski definition) is 2. The minimum atomic E-state index is -0.826. The van der Waals surface area contributed by atoms with Gasteiger partial charge in [-0.25, -0.2) is 5.43 Å². The van der Waals surface area contributed by atoms with Gasteiger partial charge in [-0.2, -0.15) is 5.10 Å². The van der Waals surface area contributed by atoms with E-state index in [1.54, 1.807) is 31.2 Å². The van der Waals surface area contributed by atoms with Crippen LogP contribution >= 0.6 is 0 Å². The number of nitro groups is 2. The van der Waals surface area contributed by atoms with E-state index < -0.39 is 27.1 Å². The number of nitro benzene ring substituents is 2. The molecule has 0 aliphatic carbocycles. The molecule has 178 valence electrons. The Morgan fingerprint density at radius 1 is 0.941 bits per heavy atom. The van der Waals surface area contributed by atoms with Gasteiger partial charge >= 0.3 is 0 Å². The third-order valence-corrected chi connectivity index (χ3v) is 5.31. The zero-order chi connectivity index (χ0) is 24.7. The van der Waals surface area contributed by atoms with E-state index in [9.17, 15) is 29.8 Å². The molecule has 1 heterocycles. The van der Waals surface area contributed by atoms with Gasteiger partial charge in [0, 0.05) is 17.8 Å². The SMILES string of the molecule is CC(=NNC(=O)c1cc([N+](=O)[O-])cc([N+](=O)[O-])c1)c1ccc(NC(=O)CN2CCCCC2)cc1. The number of anilines is 1. The van der Waals surface area contributed by atoms with E-state index in [2.05, 4.69) is 20.7 Å². The molecule has 2 aromatic carbocycles. The lowest BCUT2D eigenvalue weighted by Gasteiger charge is -2.25. The summed E-state index contributed by atoms with van der Waals surface area (Å²) in [7, 11) is 0. The molecule has 2 N–H and O–H groups in total. The number of nitrogens with zero attached hydrogens (tertiary/aromatic N) is 4. The summed E-state index contributed by atoms with van der Waals surface area (Å²) in [4.78, 5) is 47.1. The number of amides is 2. The van der Waals surface area contributed by atoms with Gasteiger partial charge in [0.15, 0.2) is 0 Å². The highest BCUT2D eigenvalue weighted by molar-refractivity contribution is 6.01. The lowest BCUT2D eigenvalue weighted by molar-refractivity contribution is -0.394. The third-order valence-electron chi connectivity index (χ3n) is 5.31. The fraction of sp³-hybridized carbons (Fsp3) is 0.318. The summed E-state index contributed by atoms with van der Waals surface area (Å²) in [6.07, 6.45) is 3.41. The standard InChI is InChI=1S/C22H24N6O6/c1-15(24-25-22(30)17-11-19(27(31)32)13-20(12-17)28(33)34)16-5-7-18(8-6-16)23-21(29)14-26-9-3-2-4-10-26/h5-8,11-13H,2-4,9-10,14H2,1H3,(H,23,29)(H,25,30). The number of piperidine rings is 1. The van der Waals surface area contributed by atoms with Crippen molar-refractivity contribution in [2.75, 3.05) is 25.0 Å². The van der Waals surface area contributed by atoms with Gasteiger partial charge < -0.3 is 5.32 Å².